The summed E-state index contributed by atoms with van der Waals surface area (Å²) in [4.78, 5) is 20.2. The molecule has 0 amide bonds. The molecule has 26 heavy (non-hydrogen) atoms. The molecule has 1 saturated heterocycles. The summed E-state index contributed by atoms with van der Waals surface area (Å²) in [5.41, 5.74) is 1.49. The van der Waals surface area contributed by atoms with E-state index < -0.39 is 0 Å². The maximum Gasteiger partial charge on any atom is 0.252 e. The molecule has 0 saturated carbocycles. The van der Waals surface area contributed by atoms with Crippen molar-refractivity contribution in [2.24, 2.45) is 5.92 Å². The molecule has 1 aromatic carbocycles. The molecule has 1 aromatic heterocycles. The third kappa shape index (κ3) is 4.65. The van der Waals surface area contributed by atoms with Gasteiger partial charge in [-0.1, -0.05) is 31.5 Å². The summed E-state index contributed by atoms with van der Waals surface area (Å²) in [6.07, 6.45) is 0.774. The van der Waals surface area contributed by atoms with Crippen molar-refractivity contribution in [3.05, 3.63) is 45.2 Å². The number of piperazine rings is 1. The Balaban J connectivity index is 1.74. The second-order valence-corrected chi connectivity index (χ2v) is 8.08. The third-order valence-electron chi connectivity index (χ3n) is 5.03. The van der Waals surface area contributed by atoms with Gasteiger partial charge in [0.05, 0.1) is 0 Å². The second kappa shape index (κ2) is 8.53. The van der Waals surface area contributed by atoms with Crippen LogP contribution in [0.2, 0.25) is 5.02 Å². The number of benzene rings is 1. The number of aliphatic hydroxyl groups is 1. The van der Waals surface area contributed by atoms with Gasteiger partial charge >= 0.3 is 0 Å². The predicted octanol–water partition coefficient (Wildman–Crippen LogP) is 2.71. The molecule has 142 valence electrons. The first-order valence-electron chi connectivity index (χ1n) is 9.35. The molecule has 1 aliphatic heterocycles. The standard InChI is InChI=1S/C20H28ClN3O2/c1-14(2)11-24-7-6-23(13-18(24)5-8-25)12-16-9-15-3-4-17(21)10-19(15)22-20(16)26/h3-4,9-10,14,18,25H,5-8,11-13H2,1-2H3,(H,22,26). The Hall–Kier alpha value is -1.40. The quantitative estimate of drug-likeness (QED) is 0.812. The molecule has 1 unspecified atom stereocenters. The number of rotatable bonds is 6. The fourth-order valence-electron chi connectivity index (χ4n) is 3.81. The Bertz CT molecular complexity index is 805. The van der Waals surface area contributed by atoms with Crippen LogP contribution in [0, 0.1) is 5.92 Å². The number of halogens is 1. The smallest absolute Gasteiger partial charge is 0.252 e. The van der Waals surface area contributed by atoms with Gasteiger partial charge in [0.2, 0.25) is 0 Å². The van der Waals surface area contributed by atoms with E-state index in [0.717, 1.165) is 49.1 Å². The fraction of sp³-hybridized carbons (Fsp3) is 0.550. The highest BCUT2D eigenvalue weighted by atomic mass is 35.5. The van der Waals surface area contributed by atoms with Gasteiger partial charge in [-0.25, -0.2) is 0 Å². The molecule has 2 N–H and O–H groups in total. The highest BCUT2D eigenvalue weighted by Gasteiger charge is 2.27. The van der Waals surface area contributed by atoms with E-state index >= 15 is 0 Å². The topological polar surface area (TPSA) is 59.6 Å². The third-order valence-corrected chi connectivity index (χ3v) is 5.26. The van der Waals surface area contributed by atoms with Crippen molar-refractivity contribution >= 4 is 22.5 Å². The van der Waals surface area contributed by atoms with Gasteiger partial charge in [0, 0.05) is 61.5 Å². The van der Waals surface area contributed by atoms with E-state index in [9.17, 15) is 9.90 Å². The molecule has 0 spiro atoms. The number of H-pyrrole nitrogens is 1. The minimum atomic E-state index is -0.0527. The van der Waals surface area contributed by atoms with Crippen molar-refractivity contribution in [1.82, 2.24) is 14.8 Å². The summed E-state index contributed by atoms with van der Waals surface area (Å²) in [5.74, 6) is 0.609. The first-order chi connectivity index (χ1) is 12.5. The maximum atomic E-state index is 12.5. The molecule has 2 aromatic rings. The summed E-state index contributed by atoms with van der Waals surface area (Å²) >= 11 is 6.01. The van der Waals surface area contributed by atoms with Crippen molar-refractivity contribution in [2.75, 3.05) is 32.8 Å². The van der Waals surface area contributed by atoms with E-state index in [1.165, 1.54) is 0 Å². The van der Waals surface area contributed by atoms with Crippen molar-refractivity contribution in [1.29, 1.82) is 0 Å². The molecule has 6 heteroatoms. The number of hydrogen-bond acceptors (Lipinski definition) is 4. The number of fused-ring (bicyclic) bond motifs is 1. The largest absolute Gasteiger partial charge is 0.396 e. The van der Waals surface area contributed by atoms with E-state index in [-0.39, 0.29) is 12.2 Å². The summed E-state index contributed by atoms with van der Waals surface area (Å²) in [6.45, 7) is 9.13. The van der Waals surface area contributed by atoms with E-state index in [0.29, 0.717) is 23.5 Å². The maximum absolute atomic E-state index is 12.5. The number of aliphatic hydroxyl groups excluding tert-OH is 1. The Kier molecular flexibility index (Phi) is 6.35. The number of nitrogens with one attached hydrogen (secondary N) is 1. The van der Waals surface area contributed by atoms with Gasteiger partial charge in [-0.2, -0.15) is 0 Å². The van der Waals surface area contributed by atoms with Gasteiger partial charge in [0.1, 0.15) is 0 Å². The number of nitrogens with zero attached hydrogens (tertiary/aromatic N) is 2. The van der Waals surface area contributed by atoms with Gasteiger partial charge in [-0.05, 0) is 35.9 Å². The van der Waals surface area contributed by atoms with Crippen LogP contribution < -0.4 is 5.56 Å². The van der Waals surface area contributed by atoms with Crippen LogP contribution in [-0.4, -0.2) is 58.7 Å². The van der Waals surface area contributed by atoms with Crippen LogP contribution in [0.25, 0.3) is 10.9 Å². The molecule has 0 radical (unpaired) electrons. The average molecular weight is 378 g/mol. The molecule has 1 aliphatic rings. The van der Waals surface area contributed by atoms with Crippen LogP contribution in [0.5, 0.6) is 0 Å². The van der Waals surface area contributed by atoms with Gasteiger partial charge in [-0.15, -0.1) is 0 Å². The average Bonchev–Trinajstić information content (AvgIpc) is 2.58. The van der Waals surface area contributed by atoms with Gasteiger partial charge in [0.25, 0.3) is 5.56 Å². The van der Waals surface area contributed by atoms with Gasteiger partial charge < -0.3 is 10.1 Å². The van der Waals surface area contributed by atoms with Gasteiger partial charge in [0.15, 0.2) is 0 Å². The Labute approximate surface area is 159 Å². The van der Waals surface area contributed by atoms with Crippen molar-refractivity contribution in [2.45, 2.75) is 32.9 Å². The lowest BCUT2D eigenvalue weighted by molar-refractivity contribution is 0.0475. The number of aromatic nitrogens is 1. The molecule has 1 fully saturated rings. The first kappa shape index (κ1) is 19.4. The van der Waals surface area contributed by atoms with Gasteiger partial charge in [-0.3, -0.25) is 14.6 Å². The lowest BCUT2D eigenvalue weighted by Crippen LogP contribution is -2.54. The highest BCUT2D eigenvalue weighted by Crippen LogP contribution is 2.19. The van der Waals surface area contributed by atoms with E-state index in [1.807, 2.05) is 18.2 Å². The number of aromatic amines is 1. The molecule has 0 bridgehead atoms. The summed E-state index contributed by atoms with van der Waals surface area (Å²) in [6, 6.07) is 7.87. The van der Waals surface area contributed by atoms with Crippen LogP contribution in [0.1, 0.15) is 25.8 Å². The van der Waals surface area contributed by atoms with Crippen molar-refractivity contribution in [3.8, 4) is 0 Å². The normalized spacial score (nSPS) is 19.5. The lowest BCUT2D eigenvalue weighted by atomic mass is 10.1. The summed E-state index contributed by atoms with van der Waals surface area (Å²) in [7, 11) is 0. The van der Waals surface area contributed by atoms with Crippen LogP contribution in [-0.2, 0) is 6.54 Å². The minimum absolute atomic E-state index is 0.0527. The van der Waals surface area contributed by atoms with Crippen molar-refractivity contribution < 1.29 is 5.11 Å². The van der Waals surface area contributed by atoms with Crippen LogP contribution in [0.3, 0.4) is 0 Å². The fourth-order valence-corrected chi connectivity index (χ4v) is 3.98. The van der Waals surface area contributed by atoms with Crippen LogP contribution in [0.15, 0.2) is 29.1 Å². The monoisotopic (exact) mass is 377 g/mol. The van der Waals surface area contributed by atoms with E-state index in [4.69, 9.17) is 11.6 Å². The second-order valence-electron chi connectivity index (χ2n) is 7.65. The SMILES string of the molecule is CC(C)CN1CCN(Cc2cc3ccc(Cl)cc3[nH]c2=O)CC1CCO. The molecular weight excluding hydrogens is 350 g/mol. The zero-order valence-electron chi connectivity index (χ0n) is 15.5. The molecule has 3 rings (SSSR count). The number of pyridine rings is 1. The van der Waals surface area contributed by atoms with E-state index in [2.05, 4.69) is 28.6 Å². The molecule has 1 atom stereocenters. The Morgan fingerprint density at radius 1 is 1.31 bits per heavy atom. The molecule has 0 aliphatic carbocycles. The zero-order chi connectivity index (χ0) is 18.7. The zero-order valence-corrected chi connectivity index (χ0v) is 16.3. The molecule has 5 nitrogen and oxygen atoms in total. The number of hydrogen-bond donors (Lipinski definition) is 2. The molecule has 2 heterocycles. The first-order valence-corrected chi connectivity index (χ1v) is 9.73. The predicted molar refractivity (Wildman–Crippen MR) is 107 cm³/mol. The van der Waals surface area contributed by atoms with Crippen LogP contribution in [0.4, 0.5) is 0 Å². The Morgan fingerprint density at radius 3 is 2.85 bits per heavy atom. The Morgan fingerprint density at radius 2 is 2.12 bits per heavy atom. The molecular formula is C20H28ClN3O2. The highest BCUT2D eigenvalue weighted by molar-refractivity contribution is 6.31. The summed E-state index contributed by atoms with van der Waals surface area (Å²) < 4.78 is 0. The van der Waals surface area contributed by atoms with Crippen LogP contribution >= 0.6 is 11.6 Å². The minimum Gasteiger partial charge on any atom is -0.396 e. The lowest BCUT2D eigenvalue weighted by Gasteiger charge is -2.42. The van der Waals surface area contributed by atoms with E-state index in [1.54, 1.807) is 6.07 Å². The van der Waals surface area contributed by atoms with Crippen molar-refractivity contribution in [3.63, 3.8) is 0 Å². The summed E-state index contributed by atoms with van der Waals surface area (Å²) in [5, 5.41) is 11.0.